The van der Waals surface area contributed by atoms with E-state index in [2.05, 4.69) is 6.92 Å². The van der Waals surface area contributed by atoms with Crippen molar-refractivity contribution in [3.05, 3.63) is 139 Å². The average Bonchev–Trinajstić information content (AvgIpc) is 3.19. The third-order valence-corrected chi connectivity index (χ3v) is 8.68. The smallest absolute Gasteiger partial charge is 0.457 e. The summed E-state index contributed by atoms with van der Waals surface area (Å²) in [6.07, 6.45) is 16.6. The number of rotatable bonds is 21. The van der Waals surface area contributed by atoms with E-state index < -0.39 is 12.3 Å². The number of carbonyl (C=O) groups is 2. The molecule has 0 aliphatic carbocycles. The van der Waals surface area contributed by atoms with Gasteiger partial charge in [0.15, 0.2) is 0 Å². The zero-order valence-corrected chi connectivity index (χ0v) is 31.9. The molecule has 0 bridgehead atoms. The van der Waals surface area contributed by atoms with Crippen molar-refractivity contribution in [2.75, 3.05) is 0 Å². The molecule has 8 nitrogen and oxygen atoms in total. The van der Waals surface area contributed by atoms with Gasteiger partial charge in [-0.3, -0.25) is 0 Å². The highest BCUT2D eigenvalue weighted by molar-refractivity contribution is 5.67. The summed E-state index contributed by atoms with van der Waals surface area (Å²) in [7, 11) is 0. The molecule has 0 radical (unpaired) electrons. The van der Waals surface area contributed by atoms with E-state index in [0.29, 0.717) is 28.7 Å². The van der Waals surface area contributed by atoms with Crippen LogP contribution in [0.1, 0.15) is 96.0 Å². The van der Waals surface area contributed by atoms with Crippen molar-refractivity contribution < 1.29 is 38.4 Å². The Morgan fingerprint density at radius 3 is 1.24 bits per heavy atom. The Morgan fingerprint density at radius 2 is 0.800 bits per heavy atom. The fourth-order valence-electron chi connectivity index (χ4n) is 5.83. The molecular formula is C47H54O8. The molecule has 8 heteroatoms. The molecule has 0 fully saturated rings. The standard InChI is InChI=1S/C25H18O5.C22H36O3/c26-25(29-23-15-11-21(12-16-23)27-19-7-3-1-4-8-19)30-24-17-13-22(14-18-24)28-20-9-5-2-6-10-20;1-2-3-4-5-6-7-8-9-10-11-12-13-14-16-20-17-15-18-21(19-20)25-22(23)24/h1-18H;15,17-19H,2-14,16H2,1H3,(H,23,24). The van der Waals surface area contributed by atoms with Gasteiger partial charge >= 0.3 is 12.3 Å². The molecule has 0 atom stereocenters. The summed E-state index contributed by atoms with van der Waals surface area (Å²) < 4.78 is 26.5. The van der Waals surface area contributed by atoms with E-state index in [1.54, 1.807) is 54.6 Å². The van der Waals surface area contributed by atoms with Crippen LogP contribution in [-0.2, 0) is 6.42 Å². The predicted molar refractivity (Wildman–Crippen MR) is 217 cm³/mol. The first-order valence-electron chi connectivity index (χ1n) is 19.5. The normalized spacial score (nSPS) is 10.4. The van der Waals surface area contributed by atoms with E-state index in [-0.39, 0.29) is 0 Å². The Labute approximate surface area is 326 Å². The summed E-state index contributed by atoms with van der Waals surface area (Å²) in [5.74, 6) is 3.84. The number of unbranched alkanes of at least 4 members (excludes halogenated alkanes) is 12. The third-order valence-electron chi connectivity index (χ3n) is 8.68. The molecule has 0 amide bonds. The number of aryl methyl sites for hydroxylation is 1. The lowest BCUT2D eigenvalue weighted by atomic mass is 10.0. The van der Waals surface area contributed by atoms with Crippen LogP contribution in [0.3, 0.4) is 0 Å². The van der Waals surface area contributed by atoms with E-state index in [4.69, 9.17) is 28.8 Å². The number of benzene rings is 5. The second-order valence-corrected chi connectivity index (χ2v) is 13.2. The van der Waals surface area contributed by atoms with Crippen LogP contribution in [0, 0.1) is 0 Å². The van der Waals surface area contributed by atoms with Gasteiger partial charge < -0.3 is 28.8 Å². The molecule has 1 N–H and O–H groups in total. The first-order valence-corrected chi connectivity index (χ1v) is 19.5. The zero-order chi connectivity index (χ0) is 38.8. The van der Waals surface area contributed by atoms with Crippen LogP contribution in [0.15, 0.2) is 133 Å². The van der Waals surface area contributed by atoms with E-state index in [9.17, 15) is 9.59 Å². The first-order chi connectivity index (χ1) is 27.0. The van der Waals surface area contributed by atoms with Gasteiger partial charge in [0, 0.05) is 0 Å². The highest BCUT2D eigenvalue weighted by Gasteiger charge is 2.09. The topological polar surface area (TPSA) is 101 Å². The molecule has 0 saturated heterocycles. The Bertz CT molecular complexity index is 1690. The molecule has 290 valence electrons. The van der Waals surface area contributed by atoms with Crippen molar-refractivity contribution in [3.8, 4) is 40.2 Å². The molecular weight excluding hydrogens is 693 g/mol. The van der Waals surface area contributed by atoms with Crippen molar-refractivity contribution >= 4 is 12.3 Å². The lowest BCUT2D eigenvalue weighted by molar-refractivity contribution is 0.144. The summed E-state index contributed by atoms with van der Waals surface area (Å²) in [5, 5.41) is 8.63. The van der Waals surface area contributed by atoms with Gasteiger partial charge in [-0.2, -0.15) is 0 Å². The Balaban J connectivity index is 0.000000250. The highest BCUT2D eigenvalue weighted by Crippen LogP contribution is 2.26. The SMILES string of the molecule is CCCCCCCCCCCCCCCc1cccc(OC(=O)O)c1.O=C(Oc1ccc(Oc2ccccc2)cc1)Oc1ccc(Oc2ccccc2)cc1. The number of hydrogen-bond donors (Lipinski definition) is 1. The lowest BCUT2D eigenvalue weighted by Gasteiger charge is -2.09. The van der Waals surface area contributed by atoms with Crippen molar-refractivity contribution in [3.63, 3.8) is 0 Å². The Morgan fingerprint density at radius 1 is 0.418 bits per heavy atom. The minimum absolute atomic E-state index is 0.351. The average molecular weight is 747 g/mol. The van der Waals surface area contributed by atoms with Gasteiger partial charge in [-0.15, -0.1) is 0 Å². The fraction of sp³-hybridized carbons (Fsp3) is 0.319. The van der Waals surface area contributed by atoms with Gasteiger partial charge in [0.05, 0.1) is 0 Å². The quantitative estimate of drug-likeness (QED) is 0.0450. The van der Waals surface area contributed by atoms with E-state index in [1.165, 1.54) is 77.0 Å². The molecule has 0 aliphatic rings. The van der Waals surface area contributed by atoms with Crippen LogP contribution in [-0.4, -0.2) is 17.4 Å². The fourth-order valence-corrected chi connectivity index (χ4v) is 5.83. The van der Waals surface area contributed by atoms with Gasteiger partial charge in [-0.25, -0.2) is 9.59 Å². The summed E-state index contributed by atoms with van der Waals surface area (Å²) in [4.78, 5) is 22.6. The zero-order valence-electron chi connectivity index (χ0n) is 31.9. The van der Waals surface area contributed by atoms with Crippen molar-refractivity contribution in [1.82, 2.24) is 0 Å². The Hall–Kier alpha value is -5.76. The van der Waals surface area contributed by atoms with Gasteiger partial charge in [0.2, 0.25) is 0 Å². The maximum atomic E-state index is 12.0. The summed E-state index contributed by atoms with van der Waals surface area (Å²) in [6, 6.07) is 39.6. The van der Waals surface area contributed by atoms with Crippen LogP contribution in [0.2, 0.25) is 0 Å². The molecule has 5 aromatic rings. The van der Waals surface area contributed by atoms with Crippen LogP contribution < -0.4 is 23.7 Å². The minimum Gasteiger partial charge on any atom is -0.457 e. The lowest BCUT2D eigenvalue weighted by Crippen LogP contribution is -2.13. The van der Waals surface area contributed by atoms with Crippen molar-refractivity contribution in [2.24, 2.45) is 0 Å². The molecule has 0 heterocycles. The monoisotopic (exact) mass is 746 g/mol. The molecule has 0 aromatic heterocycles. The van der Waals surface area contributed by atoms with E-state index in [0.717, 1.165) is 29.9 Å². The molecule has 0 unspecified atom stereocenters. The Kier molecular flexibility index (Phi) is 19.3. The number of carbonyl (C=O) groups excluding carboxylic acids is 1. The number of carboxylic acid groups (broad SMARTS) is 1. The summed E-state index contributed by atoms with van der Waals surface area (Å²) in [5.41, 5.74) is 1.15. The number of hydrogen-bond acceptors (Lipinski definition) is 7. The van der Waals surface area contributed by atoms with E-state index >= 15 is 0 Å². The molecule has 5 aromatic carbocycles. The van der Waals surface area contributed by atoms with Crippen LogP contribution in [0.5, 0.6) is 40.2 Å². The van der Waals surface area contributed by atoms with Crippen molar-refractivity contribution in [1.29, 1.82) is 0 Å². The number of ether oxygens (including phenoxy) is 5. The van der Waals surface area contributed by atoms with Gasteiger partial charge in [-0.1, -0.05) is 133 Å². The predicted octanol–water partition coefficient (Wildman–Crippen LogP) is 14.2. The summed E-state index contributed by atoms with van der Waals surface area (Å²) in [6.45, 7) is 2.27. The molecule has 0 aliphatic heterocycles. The third kappa shape index (κ3) is 18.2. The number of para-hydroxylation sites is 2. The minimum atomic E-state index is -1.25. The van der Waals surface area contributed by atoms with Gasteiger partial charge in [-0.05, 0) is 103 Å². The van der Waals surface area contributed by atoms with Crippen LogP contribution in [0.4, 0.5) is 9.59 Å². The second kappa shape index (κ2) is 25.3. The maximum absolute atomic E-state index is 12.0. The second-order valence-electron chi connectivity index (χ2n) is 13.2. The highest BCUT2D eigenvalue weighted by atomic mass is 16.7. The largest absolute Gasteiger partial charge is 0.519 e. The summed E-state index contributed by atoms with van der Waals surface area (Å²) >= 11 is 0. The van der Waals surface area contributed by atoms with Crippen LogP contribution >= 0.6 is 0 Å². The van der Waals surface area contributed by atoms with E-state index in [1.807, 2.05) is 78.9 Å². The molecule has 5 rings (SSSR count). The first kappa shape index (κ1) is 42.0. The molecule has 0 spiro atoms. The maximum Gasteiger partial charge on any atom is 0.519 e. The van der Waals surface area contributed by atoms with Gasteiger partial charge in [0.1, 0.15) is 40.2 Å². The molecule has 0 saturated carbocycles. The van der Waals surface area contributed by atoms with Gasteiger partial charge in [0.25, 0.3) is 0 Å². The molecule has 55 heavy (non-hydrogen) atoms. The van der Waals surface area contributed by atoms with Crippen LogP contribution in [0.25, 0.3) is 0 Å². The van der Waals surface area contributed by atoms with Crippen molar-refractivity contribution in [2.45, 2.75) is 96.8 Å².